The maximum absolute atomic E-state index is 12.2. The number of aromatic nitrogens is 1. The van der Waals surface area contributed by atoms with E-state index in [0.29, 0.717) is 30.2 Å². The zero-order valence-corrected chi connectivity index (χ0v) is 20.6. The molecule has 0 saturated heterocycles. The van der Waals surface area contributed by atoms with Crippen LogP contribution in [0.4, 0.5) is 10.5 Å². The number of rotatable bonds is 8. The average Bonchev–Trinajstić information content (AvgIpc) is 3.13. The molecule has 0 spiro atoms. The van der Waals surface area contributed by atoms with Gasteiger partial charge in [0.2, 0.25) is 0 Å². The van der Waals surface area contributed by atoms with Crippen molar-refractivity contribution in [1.82, 2.24) is 4.57 Å². The average molecular weight is 469 g/mol. The fourth-order valence-electron chi connectivity index (χ4n) is 3.72. The number of amides is 1. The number of ether oxygens (including phenoxy) is 4. The van der Waals surface area contributed by atoms with Crippen LogP contribution in [-0.2, 0) is 22.9 Å². The monoisotopic (exact) mass is 468 g/mol. The summed E-state index contributed by atoms with van der Waals surface area (Å²) < 4.78 is 23.5. The third-order valence-corrected chi connectivity index (χ3v) is 5.23. The third-order valence-electron chi connectivity index (χ3n) is 5.23. The molecule has 3 rings (SSSR count). The van der Waals surface area contributed by atoms with Crippen molar-refractivity contribution in [3.8, 4) is 11.5 Å². The van der Waals surface area contributed by atoms with E-state index in [1.807, 2.05) is 57.2 Å². The van der Waals surface area contributed by atoms with Crippen molar-refractivity contribution < 1.29 is 28.5 Å². The summed E-state index contributed by atoms with van der Waals surface area (Å²) in [6, 6.07) is 13.0. The van der Waals surface area contributed by atoms with Crippen molar-refractivity contribution in [3.63, 3.8) is 0 Å². The SMILES string of the molecule is COC(=O)c1cc2c(OCCCc3ccccc3NC(=O)OC(C)(C)C)ccc(OC)c2n1C. The minimum Gasteiger partial charge on any atom is -0.495 e. The van der Waals surface area contributed by atoms with Crippen molar-refractivity contribution >= 4 is 28.7 Å². The minimum atomic E-state index is -0.568. The Hall–Kier alpha value is -3.68. The molecular formula is C26H32N2O6. The molecule has 1 aromatic heterocycles. The molecule has 0 bridgehead atoms. The zero-order valence-electron chi connectivity index (χ0n) is 20.6. The van der Waals surface area contributed by atoms with Gasteiger partial charge in [0, 0.05) is 18.1 Å². The maximum atomic E-state index is 12.2. The highest BCUT2D eigenvalue weighted by Gasteiger charge is 2.20. The van der Waals surface area contributed by atoms with Crippen molar-refractivity contribution in [2.75, 3.05) is 26.1 Å². The number of carbonyl (C=O) groups is 2. The molecule has 0 aliphatic heterocycles. The van der Waals surface area contributed by atoms with Crippen LogP contribution in [-0.4, -0.2) is 43.1 Å². The van der Waals surface area contributed by atoms with E-state index in [1.165, 1.54) is 7.11 Å². The van der Waals surface area contributed by atoms with Gasteiger partial charge in [-0.1, -0.05) is 18.2 Å². The number of aryl methyl sites for hydroxylation is 2. The first-order valence-electron chi connectivity index (χ1n) is 11.1. The summed E-state index contributed by atoms with van der Waals surface area (Å²) in [7, 11) is 4.72. The van der Waals surface area contributed by atoms with E-state index in [2.05, 4.69) is 5.32 Å². The zero-order chi connectivity index (χ0) is 24.9. The van der Waals surface area contributed by atoms with Crippen LogP contribution in [0.15, 0.2) is 42.5 Å². The second kappa shape index (κ2) is 10.5. The summed E-state index contributed by atoms with van der Waals surface area (Å²) >= 11 is 0. The van der Waals surface area contributed by atoms with Crippen LogP contribution in [0.3, 0.4) is 0 Å². The van der Waals surface area contributed by atoms with E-state index in [4.69, 9.17) is 18.9 Å². The lowest BCUT2D eigenvalue weighted by Gasteiger charge is -2.20. The van der Waals surface area contributed by atoms with Gasteiger partial charge in [0.25, 0.3) is 0 Å². The Kier molecular flexibility index (Phi) is 7.71. The first-order chi connectivity index (χ1) is 16.1. The van der Waals surface area contributed by atoms with Crippen LogP contribution in [0.5, 0.6) is 11.5 Å². The molecule has 3 aromatic rings. The van der Waals surface area contributed by atoms with Gasteiger partial charge < -0.3 is 23.5 Å². The Balaban J connectivity index is 1.70. The molecule has 1 heterocycles. The maximum Gasteiger partial charge on any atom is 0.412 e. The summed E-state index contributed by atoms with van der Waals surface area (Å²) in [5.41, 5.74) is 2.31. The van der Waals surface area contributed by atoms with Crippen molar-refractivity contribution in [1.29, 1.82) is 0 Å². The molecule has 8 nitrogen and oxygen atoms in total. The van der Waals surface area contributed by atoms with Crippen LogP contribution in [0, 0.1) is 0 Å². The number of fused-ring (bicyclic) bond motifs is 1. The molecule has 1 N–H and O–H groups in total. The van der Waals surface area contributed by atoms with E-state index in [0.717, 1.165) is 28.6 Å². The lowest BCUT2D eigenvalue weighted by molar-refractivity contribution is 0.0588. The van der Waals surface area contributed by atoms with Crippen LogP contribution in [0.1, 0.15) is 43.2 Å². The van der Waals surface area contributed by atoms with Gasteiger partial charge in [-0.25, -0.2) is 9.59 Å². The Labute approximate surface area is 199 Å². The van der Waals surface area contributed by atoms with Crippen molar-refractivity contribution in [2.45, 2.75) is 39.2 Å². The predicted molar refractivity (Wildman–Crippen MR) is 131 cm³/mol. The van der Waals surface area contributed by atoms with Gasteiger partial charge in [-0.3, -0.25) is 5.32 Å². The Morgan fingerprint density at radius 1 is 1.03 bits per heavy atom. The quantitative estimate of drug-likeness (QED) is 0.355. The first kappa shape index (κ1) is 25.0. The molecule has 0 fully saturated rings. The number of nitrogens with zero attached hydrogens (tertiary/aromatic N) is 1. The van der Waals surface area contributed by atoms with Gasteiger partial charge >= 0.3 is 12.1 Å². The van der Waals surface area contributed by atoms with Crippen molar-refractivity contribution in [2.24, 2.45) is 7.05 Å². The highest BCUT2D eigenvalue weighted by atomic mass is 16.6. The number of hydrogen-bond acceptors (Lipinski definition) is 6. The standard InChI is InChI=1S/C26H32N2O6/c1-26(2,3)34-25(30)27-19-12-8-7-10-17(19)11-9-15-33-21-13-14-22(31-5)23-18(21)16-20(28(23)4)24(29)32-6/h7-8,10,12-14,16H,9,11,15H2,1-6H3,(H,27,30). The number of hydrogen-bond donors (Lipinski definition) is 1. The Morgan fingerprint density at radius 2 is 1.74 bits per heavy atom. The summed E-state index contributed by atoms with van der Waals surface area (Å²) in [4.78, 5) is 24.3. The summed E-state index contributed by atoms with van der Waals surface area (Å²) in [5, 5.41) is 3.60. The summed E-state index contributed by atoms with van der Waals surface area (Å²) in [6.07, 6.45) is 0.937. The Morgan fingerprint density at radius 3 is 2.41 bits per heavy atom. The number of para-hydroxylation sites is 1. The smallest absolute Gasteiger partial charge is 0.412 e. The van der Waals surface area contributed by atoms with Crippen LogP contribution in [0.2, 0.25) is 0 Å². The van der Waals surface area contributed by atoms with E-state index < -0.39 is 17.7 Å². The van der Waals surface area contributed by atoms with Gasteiger partial charge in [-0.2, -0.15) is 0 Å². The van der Waals surface area contributed by atoms with Gasteiger partial charge in [-0.05, 0) is 63.4 Å². The largest absolute Gasteiger partial charge is 0.495 e. The van der Waals surface area contributed by atoms with Crippen LogP contribution in [0.25, 0.3) is 10.9 Å². The topological polar surface area (TPSA) is 88.0 Å². The molecule has 0 atom stereocenters. The fraction of sp³-hybridized carbons (Fsp3) is 0.385. The van der Waals surface area contributed by atoms with Gasteiger partial charge in [0.05, 0.1) is 26.3 Å². The molecule has 0 radical (unpaired) electrons. The van der Waals surface area contributed by atoms with E-state index >= 15 is 0 Å². The third kappa shape index (κ3) is 5.81. The molecule has 0 aliphatic rings. The molecule has 2 aromatic carbocycles. The number of anilines is 1. The van der Waals surface area contributed by atoms with E-state index in [1.54, 1.807) is 24.8 Å². The first-order valence-corrected chi connectivity index (χ1v) is 11.1. The second-order valence-electron chi connectivity index (χ2n) is 8.84. The summed E-state index contributed by atoms with van der Waals surface area (Å²) in [6.45, 7) is 5.93. The minimum absolute atomic E-state index is 0.411. The number of benzene rings is 2. The lowest BCUT2D eigenvalue weighted by atomic mass is 10.1. The fourth-order valence-corrected chi connectivity index (χ4v) is 3.72. The highest BCUT2D eigenvalue weighted by Crippen LogP contribution is 2.35. The van der Waals surface area contributed by atoms with Crippen LogP contribution < -0.4 is 14.8 Å². The molecule has 34 heavy (non-hydrogen) atoms. The number of methoxy groups -OCH3 is 2. The van der Waals surface area contributed by atoms with Gasteiger partial charge in [0.15, 0.2) is 0 Å². The van der Waals surface area contributed by atoms with Gasteiger partial charge in [0.1, 0.15) is 22.8 Å². The molecule has 0 saturated carbocycles. The van der Waals surface area contributed by atoms with E-state index in [-0.39, 0.29) is 0 Å². The number of esters is 1. The molecular weight excluding hydrogens is 436 g/mol. The normalized spacial score (nSPS) is 11.2. The molecule has 0 unspecified atom stereocenters. The van der Waals surface area contributed by atoms with Gasteiger partial charge in [-0.15, -0.1) is 0 Å². The van der Waals surface area contributed by atoms with Crippen molar-refractivity contribution in [3.05, 3.63) is 53.7 Å². The predicted octanol–water partition coefficient (Wildman–Crippen LogP) is 5.33. The molecule has 0 aliphatic carbocycles. The van der Waals surface area contributed by atoms with Crippen LogP contribution >= 0.6 is 0 Å². The highest BCUT2D eigenvalue weighted by molar-refractivity contribution is 6.00. The Bertz CT molecular complexity index is 1180. The number of carbonyl (C=O) groups excluding carboxylic acids is 2. The summed E-state index contributed by atoms with van der Waals surface area (Å²) in [5.74, 6) is 0.865. The molecule has 1 amide bonds. The second-order valence-corrected chi connectivity index (χ2v) is 8.84. The molecule has 182 valence electrons. The lowest BCUT2D eigenvalue weighted by Crippen LogP contribution is -2.27. The molecule has 8 heteroatoms. The number of nitrogens with one attached hydrogen (secondary N) is 1. The van der Waals surface area contributed by atoms with E-state index in [9.17, 15) is 9.59 Å².